The van der Waals surface area contributed by atoms with Crippen LogP contribution in [0.15, 0.2) is 30.3 Å². The van der Waals surface area contributed by atoms with Crippen molar-refractivity contribution in [3.63, 3.8) is 0 Å². The summed E-state index contributed by atoms with van der Waals surface area (Å²) in [6, 6.07) is 10.5. The van der Waals surface area contributed by atoms with Crippen molar-refractivity contribution in [3.8, 4) is 11.3 Å². The third kappa shape index (κ3) is 2.65. The maximum Gasteiger partial charge on any atom is 0.226 e. The van der Waals surface area contributed by atoms with Crippen molar-refractivity contribution >= 4 is 11.7 Å². The third-order valence-corrected chi connectivity index (χ3v) is 5.29. The summed E-state index contributed by atoms with van der Waals surface area (Å²) in [4.78, 5) is 12.1. The van der Waals surface area contributed by atoms with Gasteiger partial charge in [0.05, 0.1) is 5.69 Å². The molecule has 5 nitrogen and oxygen atoms in total. The zero-order valence-corrected chi connectivity index (χ0v) is 13.1. The van der Waals surface area contributed by atoms with E-state index in [9.17, 15) is 4.79 Å². The molecule has 1 atom stereocenters. The van der Waals surface area contributed by atoms with Crippen LogP contribution in [0.4, 0.5) is 5.82 Å². The second-order valence-electron chi connectivity index (χ2n) is 6.76. The van der Waals surface area contributed by atoms with Gasteiger partial charge in [0.15, 0.2) is 5.82 Å². The minimum Gasteiger partial charge on any atom is -0.328 e. The highest BCUT2D eigenvalue weighted by atomic mass is 16.1. The van der Waals surface area contributed by atoms with E-state index in [-0.39, 0.29) is 11.8 Å². The standard InChI is InChI=1S/C18H22N4O/c19-13-8-6-11(7-9-13)14-10-15(23)20-18-16(14)17(21-22-18)12-4-2-1-3-5-12/h1-5,11,13-14H,6-10,19H2,(H2,20,21,22,23). The number of nitrogens with one attached hydrogen (secondary N) is 2. The van der Waals surface area contributed by atoms with Gasteiger partial charge in [-0.2, -0.15) is 5.10 Å². The molecular weight excluding hydrogens is 288 g/mol. The monoisotopic (exact) mass is 310 g/mol. The number of H-pyrrole nitrogens is 1. The Kier molecular flexibility index (Phi) is 3.65. The highest BCUT2D eigenvalue weighted by molar-refractivity contribution is 5.95. The van der Waals surface area contributed by atoms with Gasteiger partial charge in [0.2, 0.25) is 5.91 Å². The number of aromatic amines is 1. The Morgan fingerprint density at radius 3 is 2.57 bits per heavy atom. The van der Waals surface area contributed by atoms with Crippen molar-refractivity contribution in [1.29, 1.82) is 0 Å². The van der Waals surface area contributed by atoms with Gasteiger partial charge < -0.3 is 11.1 Å². The van der Waals surface area contributed by atoms with Crippen molar-refractivity contribution in [1.82, 2.24) is 10.2 Å². The number of nitrogens with zero attached hydrogens (tertiary/aromatic N) is 1. The van der Waals surface area contributed by atoms with E-state index in [1.165, 1.54) is 5.56 Å². The first kappa shape index (κ1) is 14.5. The molecule has 0 bridgehead atoms. The Morgan fingerprint density at radius 2 is 1.83 bits per heavy atom. The molecule has 0 radical (unpaired) electrons. The smallest absolute Gasteiger partial charge is 0.226 e. The van der Waals surface area contributed by atoms with Crippen LogP contribution >= 0.6 is 0 Å². The zero-order chi connectivity index (χ0) is 15.8. The summed E-state index contributed by atoms with van der Waals surface area (Å²) in [6.45, 7) is 0. The highest BCUT2D eigenvalue weighted by Gasteiger charge is 2.37. The summed E-state index contributed by atoms with van der Waals surface area (Å²) in [5, 5.41) is 10.4. The van der Waals surface area contributed by atoms with Gasteiger partial charge in [0.1, 0.15) is 0 Å². The first-order valence-corrected chi connectivity index (χ1v) is 8.41. The van der Waals surface area contributed by atoms with Gasteiger partial charge >= 0.3 is 0 Å². The Balaban J connectivity index is 1.73. The van der Waals surface area contributed by atoms with E-state index in [1.54, 1.807) is 0 Å². The summed E-state index contributed by atoms with van der Waals surface area (Å²) in [6.07, 6.45) is 4.84. The van der Waals surface area contributed by atoms with Crippen LogP contribution in [-0.4, -0.2) is 22.1 Å². The number of fused-ring (bicyclic) bond motifs is 1. The van der Waals surface area contributed by atoms with Crippen LogP contribution in [0.1, 0.15) is 43.6 Å². The molecule has 23 heavy (non-hydrogen) atoms. The zero-order valence-electron chi connectivity index (χ0n) is 13.1. The van der Waals surface area contributed by atoms with Gasteiger partial charge in [0.25, 0.3) is 0 Å². The SMILES string of the molecule is NC1CCC(C2CC(=O)Nc3n[nH]c(-c4ccccc4)c32)CC1. The van der Waals surface area contributed by atoms with E-state index in [4.69, 9.17) is 5.73 Å². The molecule has 2 aliphatic rings. The number of anilines is 1. The van der Waals surface area contributed by atoms with E-state index in [1.807, 2.05) is 18.2 Å². The molecule has 4 N–H and O–H groups in total. The second kappa shape index (κ2) is 5.81. The lowest BCUT2D eigenvalue weighted by atomic mass is 9.72. The number of benzene rings is 1. The Bertz CT molecular complexity index is 701. The fraction of sp³-hybridized carbons (Fsp3) is 0.444. The Morgan fingerprint density at radius 1 is 1.09 bits per heavy atom. The molecule has 2 heterocycles. The van der Waals surface area contributed by atoms with Crippen molar-refractivity contribution in [2.24, 2.45) is 11.7 Å². The number of hydrogen-bond acceptors (Lipinski definition) is 3. The molecule has 1 aliphatic carbocycles. The normalized spacial score (nSPS) is 27.3. The van der Waals surface area contributed by atoms with Gasteiger partial charge in [-0.25, -0.2) is 0 Å². The summed E-state index contributed by atoms with van der Waals surface area (Å²) in [5.74, 6) is 1.53. The fourth-order valence-electron chi connectivity index (χ4n) is 4.07. The van der Waals surface area contributed by atoms with Crippen LogP contribution in [0.3, 0.4) is 0 Å². The topological polar surface area (TPSA) is 83.8 Å². The van der Waals surface area contributed by atoms with E-state index >= 15 is 0 Å². The summed E-state index contributed by atoms with van der Waals surface area (Å²) in [7, 11) is 0. The molecule has 0 saturated heterocycles. The number of carbonyl (C=O) groups is 1. The second-order valence-corrected chi connectivity index (χ2v) is 6.76. The minimum atomic E-state index is 0.0727. The summed E-state index contributed by atoms with van der Waals surface area (Å²) >= 11 is 0. The van der Waals surface area contributed by atoms with Gasteiger partial charge in [-0.1, -0.05) is 30.3 Å². The number of rotatable bonds is 2. The molecule has 1 fully saturated rings. The minimum absolute atomic E-state index is 0.0727. The first-order chi connectivity index (χ1) is 11.2. The van der Waals surface area contributed by atoms with Gasteiger partial charge in [-0.15, -0.1) is 0 Å². The molecule has 1 aliphatic heterocycles. The summed E-state index contributed by atoms with van der Waals surface area (Å²) < 4.78 is 0. The van der Waals surface area contributed by atoms with Crippen LogP contribution < -0.4 is 11.1 Å². The largest absolute Gasteiger partial charge is 0.328 e. The van der Waals surface area contributed by atoms with Gasteiger partial charge in [0, 0.05) is 23.9 Å². The van der Waals surface area contributed by atoms with Crippen LogP contribution in [-0.2, 0) is 4.79 Å². The lowest BCUT2D eigenvalue weighted by Gasteiger charge is -2.34. The fourth-order valence-corrected chi connectivity index (χ4v) is 4.07. The van der Waals surface area contributed by atoms with Crippen molar-refractivity contribution < 1.29 is 4.79 Å². The number of amides is 1. The average Bonchev–Trinajstić information content (AvgIpc) is 2.99. The average molecular weight is 310 g/mol. The van der Waals surface area contributed by atoms with Crippen LogP contribution in [0.25, 0.3) is 11.3 Å². The van der Waals surface area contributed by atoms with Gasteiger partial charge in [-0.3, -0.25) is 9.89 Å². The van der Waals surface area contributed by atoms with Gasteiger partial charge in [-0.05, 0) is 37.2 Å². The maximum absolute atomic E-state index is 12.1. The molecule has 120 valence electrons. The van der Waals surface area contributed by atoms with E-state index in [0.29, 0.717) is 24.2 Å². The maximum atomic E-state index is 12.1. The van der Waals surface area contributed by atoms with Crippen LogP contribution in [0.5, 0.6) is 0 Å². The number of nitrogens with two attached hydrogens (primary N) is 1. The first-order valence-electron chi connectivity index (χ1n) is 8.41. The van der Waals surface area contributed by atoms with Crippen LogP contribution in [0.2, 0.25) is 0 Å². The predicted molar refractivity (Wildman–Crippen MR) is 89.9 cm³/mol. The molecular formula is C18H22N4O. The summed E-state index contributed by atoms with van der Waals surface area (Å²) in [5.41, 5.74) is 9.39. The van der Waals surface area contributed by atoms with Crippen molar-refractivity contribution in [3.05, 3.63) is 35.9 Å². The van der Waals surface area contributed by atoms with E-state index in [2.05, 4.69) is 27.6 Å². The lowest BCUT2D eigenvalue weighted by Crippen LogP contribution is -2.32. The number of aromatic nitrogens is 2. The molecule has 1 aromatic carbocycles. The van der Waals surface area contributed by atoms with E-state index in [0.717, 1.165) is 36.9 Å². The molecule has 1 amide bonds. The quantitative estimate of drug-likeness (QED) is 0.797. The van der Waals surface area contributed by atoms with E-state index < -0.39 is 0 Å². The lowest BCUT2D eigenvalue weighted by molar-refractivity contribution is -0.117. The Hall–Kier alpha value is -2.14. The number of carbonyl (C=O) groups excluding carboxylic acids is 1. The molecule has 1 unspecified atom stereocenters. The Labute approximate surface area is 135 Å². The third-order valence-electron chi connectivity index (χ3n) is 5.29. The van der Waals surface area contributed by atoms with Crippen LogP contribution in [0, 0.1) is 5.92 Å². The highest BCUT2D eigenvalue weighted by Crippen LogP contribution is 2.45. The predicted octanol–water partition coefficient (Wildman–Crippen LogP) is 3.02. The molecule has 1 saturated carbocycles. The van der Waals surface area contributed by atoms with Crippen molar-refractivity contribution in [2.45, 2.75) is 44.1 Å². The molecule has 0 spiro atoms. The molecule has 4 rings (SSSR count). The molecule has 1 aromatic heterocycles. The van der Waals surface area contributed by atoms with Crippen molar-refractivity contribution in [2.75, 3.05) is 5.32 Å². The number of hydrogen-bond donors (Lipinski definition) is 3. The molecule has 5 heteroatoms. The molecule has 2 aromatic rings.